The zero-order valence-electron chi connectivity index (χ0n) is 25.0. The predicted molar refractivity (Wildman–Crippen MR) is 149 cm³/mol. The van der Waals surface area contributed by atoms with Crippen molar-refractivity contribution in [2.75, 3.05) is 0 Å². The van der Waals surface area contributed by atoms with Crippen LogP contribution < -0.4 is 0 Å². The number of esters is 2. The lowest BCUT2D eigenvalue weighted by Gasteiger charge is -2.65. The third-order valence-electron chi connectivity index (χ3n) is 12.2. The standard InChI is InChI=1S/C33H53NO4/c1-7-25-29-20-24(37-22(3)35)15-17-33(29,6)28-16-18-32(5)26(21(2)12-10-8-9-11-19-34)13-14-27(32)30(28)31(25)38-23(4)36/h21,24-31H,7-18,20H2,1-6H3/t21-,24-,25-,26?,27+,28+,29?,30?,31-,32?,33+/m1/s1. The highest BCUT2D eigenvalue weighted by Crippen LogP contribution is 2.70. The van der Waals surface area contributed by atoms with E-state index >= 15 is 0 Å². The van der Waals surface area contributed by atoms with Crippen LogP contribution in [0.1, 0.15) is 125 Å². The zero-order valence-corrected chi connectivity index (χ0v) is 25.0. The van der Waals surface area contributed by atoms with Gasteiger partial charge in [-0.2, -0.15) is 5.26 Å². The molecule has 0 aromatic heterocycles. The molecule has 0 aliphatic heterocycles. The van der Waals surface area contributed by atoms with E-state index in [4.69, 9.17) is 14.7 Å². The van der Waals surface area contributed by atoms with Crippen molar-refractivity contribution >= 4 is 11.9 Å². The molecule has 4 aliphatic carbocycles. The van der Waals surface area contributed by atoms with Crippen molar-refractivity contribution in [1.29, 1.82) is 5.26 Å². The van der Waals surface area contributed by atoms with E-state index in [0.717, 1.165) is 44.4 Å². The molecule has 5 nitrogen and oxygen atoms in total. The van der Waals surface area contributed by atoms with Crippen LogP contribution >= 0.6 is 0 Å². The summed E-state index contributed by atoms with van der Waals surface area (Å²) < 4.78 is 12.1. The number of carbonyl (C=O) groups is 2. The molecule has 0 radical (unpaired) electrons. The molecule has 4 unspecified atom stereocenters. The second kappa shape index (κ2) is 11.9. The largest absolute Gasteiger partial charge is 0.463 e. The number of unbranched alkanes of at least 4 members (excludes halogenated alkanes) is 3. The van der Waals surface area contributed by atoms with Crippen molar-refractivity contribution in [3.8, 4) is 6.07 Å². The molecular weight excluding hydrogens is 474 g/mol. The van der Waals surface area contributed by atoms with Gasteiger partial charge in [-0.1, -0.05) is 47.0 Å². The van der Waals surface area contributed by atoms with Crippen LogP contribution in [0.5, 0.6) is 0 Å². The SMILES string of the molecule is CC[C@@H]1C2C[C@H](OC(C)=O)CC[C@@]2(C)[C@H]2CCC3(C)C([C@H](C)CCCCCC#N)CC[C@H]3C2[C@@H]1OC(C)=O. The molecule has 0 aromatic rings. The van der Waals surface area contributed by atoms with Gasteiger partial charge in [-0.15, -0.1) is 0 Å². The predicted octanol–water partition coefficient (Wildman–Crippen LogP) is 7.86. The number of nitrogens with zero attached hydrogens (tertiary/aromatic N) is 1. The highest BCUT2D eigenvalue weighted by Gasteiger charge is 2.66. The van der Waals surface area contributed by atoms with E-state index in [-0.39, 0.29) is 29.6 Å². The first-order valence-corrected chi connectivity index (χ1v) is 15.8. The Morgan fingerprint density at radius 1 is 0.921 bits per heavy atom. The molecule has 0 N–H and O–H groups in total. The molecule has 0 aromatic carbocycles. The van der Waals surface area contributed by atoms with Crippen LogP contribution in [0.25, 0.3) is 0 Å². The van der Waals surface area contributed by atoms with Crippen LogP contribution in [0.4, 0.5) is 0 Å². The monoisotopic (exact) mass is 527 g/mol. The summed E-state index contributed by atoms with van der Waals surface area (Å²) in [6.45, 7) is 13.0. The highest BCUT2D eigenvalue weighted by atomic mass is 16.5. The fourth-order valence-electron chi connectivity index (χ4n) is 10.6. The van der Waals surface area contributed by atoms with Crippen LogP contribution in [0, 0.1) is 63.6 Å². The molecule has 4 aliphatic rings. The van der Waals surface area contributed by atoms with Gasteiger partial charge in [-0.25, -0.2) is 0 Å². The molecule has 38 heavy (non-hydrogen) atoms. The Labute approximate surface area is 231 Å². The van der Waals surface area contributed by atoms with E-state index < -0.39 is 0 Å². The topological polar surface area (TPSA) is 76.4 Å². The molecule has 0 bridgehead atoms. The van der Waals surface area contributed by atoms with Gasteiger partial charge in [0.1, 0.15) is 12.2 Å². The molecule has 4 fully saturated rings. The minimum atomic E-state index is -0.179. The Morgan fingerprint density at radius 2 is 1.61 bits per heavy atom. The van der Waals surface area contributed by atoms with Crippen molar-refractivity contribution in [1.82, 2.24) is 0 Å². The molecule has 4 saturated carbocycles. The zero-order chi connectivity index (χ0) is 27.7. The van der Waals surface area contributed by atoms with Crippen LogP contribution in [-0.4, -0.2) is 24.1 Å². The van der Waals surface area contributed by atoms with Gasteiger partial charge in [-0.3, -0.25) is 9.59 Å². The third kappa shape index (κ3) is 5.40. The molecule has 0 heterocycles. The molecule has 5 heteroatoms. The fraction of sp³-hybridized carbons (Fsp3) is 0.909. The Morgan fingerprint density at radius 3 is 2.26 bits per heavy atom. The molecule has 214 valence electrons. The molecule has 0 spiro atoms. The van der Waals surface area contributed by atoms with Crippen LogP contribution in [-0.2, 0) is 19.1 Å². The van der Waals surface area contributed by atoms with Gasteiger partial charge in [-0.05, 0) is 104 Å². The van der Waals surface area contributed by atoms with Gasteiger partial charge in [0.15, 0.2) is 0 Å². The van der Waals surface area contributed by atoms with Crippen LogP contribution in [0.3, 0.4) is 0 Å². The van der Waals surface area contributed by atoms with Crippen molar-refractivity contribution in [2.24, 2.45) is 52.3 Å². The first kappa shape index (κ1) is 29.4. The summed E-state index contributed by atoms with van der Waals surface area (Å²) in [7, 11) is 0. The van der Waals surface area contributed by atoms with Crippen molar-refractivity contribution in [3.63, 3.8) is 0 Å². The quantitative estimate of drug-likeness (QED) is 0.225. The van der Waals surface area contributed by atoms with Gasteiger partial charge in [0.05, 0.1) is 6.07 Å². The lowest BCUT2D eigenvalue weighted by Crippen LogP contribution is -2.63. The van der Waals surface area contributed by atoms with Crippen molar-refractivity contribution < 1.29 is 19.1 Å². The lowest BCUT2D eigenvalue weighted by atomic mass is 9.41. The van der Waals surface area contributed by atoms with Gasteiger partial charge < -0.3 is 9.47 Å². The number of hydrogen-bond acceptors (Lipinski definition) is 5. The highest BCUT2D eigenvalue weighted by molar-refractivity contribution is 5.66. The molecule has 4 rings (SSSR count). The minimum Gasteiger partial charge on any atom is -0.463 e. The first-order valence-electron chi connectivity index (χ1n) is 15.8. The lowest BCUT2D eigenvalue weighted by molar-refractivity contribution is -0.219. The number of fused-ring (bicyclic) bond motifs is 5. The summed E-state index contributed by atoms with van der Waals surface area (Å²) in [6.07, 6.45) is 14.3. The van der Waals surface area contributed by atoms with Crippen LogP contribution in [0.15, 0.2) is 0 Å². The maximum atomic E-state index is 12.5. The number of hydrogen-bond donors (Lipinski definition) is 0. The smallest absolute Gasteiger partial charge is 0.302 e. The van der Waals surface area contributed by atoms with Gasteiger partial charge in [0, 0.05) is 26.2 Å². The number of nitriles is 1. The third-order valence-corrected chi connectivity index (χ3v) is 12.2. The van der Waals surface area contributed by atoms with E-state index in [1.54, 1.807) is 6.92 Å². The molecule has 0 saturated heterocycles. The average molecular weight is 528 g/mol. The van der Waals surface area contributed by atoms with Gasteiger partial charge in [0.2, 0.25) is 0 Å². The second-order valence-electron chi connectivity index (χ2n) is 14.0. The maximum absolute atomic E-state index is 12.5. The van der Waals surface area contributed by atoms with Crippen molar-refractivity contribution in [3.05, 3.63) is 0 Å². The summed E-state index contributed by atoms with van der Waals surface area (Å²) in [5.74, 6) is 3.45. The van der Waals surface area contributed by atoms with Crippen LogP contribution in [0.2, 0.25) is 0 Å². The second-order valence-corrected chi connectivity index (χ2v) is 14.0. The van der Waals surface area contributed by atoms with E-state index in [0.29, 0.717) is 47.3 Å². The Bertz CT molecular complexity index is 896. The fourth-order valence-corrected chi connectivity index (χ4v) is 10.6. The van der Waals surface area contributed by atoms with E-state index in [1.807, 2.05) is 0 Å². The number of rotatable bonds is 9. The van der Waals surface area contributed by atoms with Gasteiger partial charge in [0.25, 0.3) is 0 Å². The molecular formula is C33H53NO4. The van der Waals surface area contributed by atoms with E-state index in [2.05, 4.69) is 33.8 Å². The summed E-state index contributed by atoms with van der Waals surface area (Å²) >= 11 is 0. The normalized spacial score (nSPS) is 42.7. The summed E-state index contributed by atoms with van der Waals surface area (Å²) in [5, 5.41) is 8.85. The number of carbonyl (C=O) groups excluding carboxylic acids is 2. The molecule has 11 atom stereocenters. The van der Waals surface area contributed by atoms with Crippen molar-refractivity contribution in [2.45, 2.75) is 137 Å². The minimum absolute atomic E-state index is 0.00659. The molecule has 0 amide bonds. The Kier molecular flexibility index (Phi) is 9.20. The summed E-state index contributed by atoms with van der Waals surface area (Å²) in [5.41, 5.74) is 0.520. The van der Waals surface area contributed by atoms with Gasteiger partial charge >= 0.3 is 11.9 Å². The average Bonchev–Trinajstić information content (AvgIpc) is 3.21. The summed E-state index contributed by atoms with van der Waals surface area (Å²) in [6, 6.07) is 2.28. The van der Waals surface area contributed by atoms with E-state index in [1.165, 1.54) is 45.4 Å². The number of ether oxygens (including phenoxy) is 2. The first-order chi connectivity index (χ1) is 18.1. The Balaban J connectivity index is 1.59. The maximum Gasteiger partial charge on any atom is 0.302 e. The van der Waals surface area contributed by atoms with E-state index in [9.17, 15) is 9.59 Å². The Hall–Kier alpha value is -1.57. The summed E-state index contributed by atoms with van der Waals surface area (Å²) in [4.78, 5) is 24.3.